The van der Waals surface area contributed by atoms with E-state index >= 15 is 0 Å². The van der Waals surface area contributed by atoms with Crippen molar-refractivity contribution in [2.75, 3.05) is 7.05 Å². The van der Waals surface area contributed by atoms with Gasteiger partial charge in [0.2, 0.25) is 5.91 Å². The summed E-state index contributed by atoms with van der Waals surface area (Å²) in [6.07, 6.45) is 2.77. The molecule has 1 amide bonds. The second kappa shape index (κ2) is 3.57. The molecule has 2 heterocycles. The molecule has 90 valence electrons. The minimum Gasteiger partial charge on any atom is -0.345 e. The minimum absolute atomic E-state index is 0.0362. The van der Waals surface area contributed by atoms with Gasteiger partial charge in [0.05, 0.1) is 12.0 Å². The molecule has 1 saturated carbocycles. The van der Waals surface area contributed by atoms with Crippen LogP contribution in [0.15, 0.2) is 17.5 Å². The maximum Gasteiger partial charge on any atom is 0.231 e. The van der Waals surface area contributed by atoms with E-state index in [-0.39, 0.29) is 17.4 Å². The van der Waals surface area contributed by atoms with Gasteiger partial charge in [-0.25, -0.2) is 0 Å². The van der Waals surface area contributed by atoms with E-state index in [1.807, 2.05) is 11.4 Å². The van der Waals surface area contributed by atoms with Crippen LogP contribution in [0.4, 0.5) is 0 Å². The molecular formula is C12H15N3OS. The number of carbonyl (C=O) groups excluding carboxylic acids is 1. The summed E-state index contributed by atoms with van der Waals surface area (Å²) >= 11 is 1.67. The number of hydrogen-bond acceptors (Lipinski definition) is 3. The molecule has 0 spiro atoms. The van der Waals surface area contributed by atoms with Gasteiger partial charge in [0.1, 0.15) is 0 Å². The molecule has 3 rings (SSSR count). The first-order chi connectivity index (χ1) is 8.13. The van der Waals surface area contributed by atoms with E-state index < -0.39 is 0 Å². The summed E-state index contributed by atoms with van der Waals surface area (Å²) in [6, 6.07) is 4.08. The smallest absolute Gasteiger partial charge is 0.231 e. The molecule has 5 heteroatoms. The topological polar surface area (TPSA) is 56.2 Å². The van der Waals surface area contributed by atoms with Gasteiger partial charge in [0.25, 0.3) is 0 Å². The summed E-state index contributed by atoms with van der Waals surface area (Å²) in [7, 11) is 1.66. The molecule has 4 nitrogen and oxygen atoms in total. The van der Waals surface area contributed by atoms with Crippen LogP contribution in [0.2, 0.25) is 0 Å². The molecule has 2 N–H and O–H groups in total. The Morgan fingerprint density at radius 2 is 2.35 bits per heavy atom. The van der Waals surface area contributed by atoms with Crippen LogP contribution in [0.3, 0.4) is 0 Å². The Balaban J connectivity index is 2.01. The quantitative estimate of drug-likeness (QED) is 0.839. The fourth-order valence-electron chi connectivity index (χ4n) is 2.53. The predicted octanol–water partition coefficient (Wildman–Crippen LogP) is 1.74. The van der Waals surface area contributed by atoms with E-state index in [0.717, 1.165) is 12.8 Å². The Morgan fingerprint density at radius 1 is 1.59 bits per heavy atom. The highest BCUT2D eigenvalue weighted by Crippen LogP contribution is 2.50. The van der Waals surface area contributed by atoms with Crippen molar-refractivity contribution < 1.29 is 4.79 Å². The summed E-state index contributed by atoms with van der Waals surface area (Å²) in [5.74, 6) is 0.759. The summed E-state index contributed by atoms with van der Waals surface area (Å²) in [5.41, 5.74) is -0.311. The highest BCUT2D eigenvalue weighted by atomic mass is 32.1. The standard InChI is InChI=1S/C12H15N3OS/c1-15-10(16)7-12(8-4-5-8,14-11(15)13)9-3-2-6-17-9/h2-3,6,8H,4-5,7H2,1H3,(H2,13,14). The predicted molar refractivity (Wildman–Crippen MR) is 67.0 cm³/mol. The highest BCUT2D eigenvalue weighted by molar-refractivity contribution is 7.10. The Hall–Kier alpha value is -1.36. The van der Waals surface area contributed by atoms with Crippen molar-refractivity contribution in [3.05, 3.63) is 22.4 Å². The number of amides is 1. The monoisotopic (exact) mass is 249 g/mol. The zero-order valence-corrected chi connectivity index (χ0v) is 10.5. The number of nitrogens with one attached hydrogen (secondary N) is 2. The number of carbonyl (C=O) groups is 1. The van der Waals surface area contributed by atoms with E-state index in [1.165, 1.54) is 9.78 Å². The van der Waals surface area contributed by atoms with Gasteiger partial charge in [-0.2, -0.15) is 0 Å². The zero-order chi connectivity index (χ0) is 12.0. The Bertz CT molecular complexity index is 446. The van der Waals surface area contributed by atoms with Crippen molar-refractivity contribution in [2.24, 2.45) is 5.92 Å². The van der Waals surface area contributed by atoms with Crippen molar-refractivity contribution in [3.8, 4) is 0 Å². The molecule has 1 aliphatic heterocycles. The van der Waals surface area contributed by atoms with E-state index in [9.17, 15) is 4.79 Å². The molecule has 2 fully saturated rings. The second-order valence-electron chi connectivity index (χ2n) is 4.83. The normalized spacial score (nSPS) is 29.4. The molecule has 1 unspecified atom stereocenters. The maximum atomic E-state index is 12.0. The molecule has 2 aliphatic rings. The summed E-state index contributed by atoms with van der Waals surface area (Å²) < 4.78 is 0. The minimum atomic E-state index is -0.311. The van der Waals surface area contributed by atoms with Gasteiger partial charge in [-0.3, -0.25) is 15.1 Å². The van der Waals surface area contributed by atoms with Crippen LogP contribution >= 0.6 is 11.3 Å². The Labute approximate surface area is 104 Å². The van der Waals surface area contributed by atoms with E-state index in [1.54, 1.807) is 18.4 Å². The van der Waals surface area contributed by atoms with Crippen LogP contribution in [0.5, 0.6) is 0 Å². The van der Waals surface area contributed by atoms with Gasteiger partial charge in [-0.05, 0) is 30.2 Å². The van der Waals surface area contributed by atoms with Gasteiger partial charge >= 0.3 is 0 Å². The lowest BCUT2D eigenvalue weighted by atomic mass is 9.85. The molecule has 0 bridgehead atoms. The van der Waals surface area contributed by atoms with Crippen molar-refractivity contribution in [2.45, 2.75) is 24.8 Å². The van der Waals surface area contributed by atoms with Crippen LogP contribution in [0.25, 0.3) is 0 Å². The first-order valence-electron chi connectivity index (χ1n) is 5.81. The average Bonchev–Trinajstić information content (AvgIpc) is 3.01. The lowest BCUT2D eigenvalue weighted by molar-refractivity contribution is -0.130. The first kappa shape index (κ1) is 10.8. The number of nitrogens with zero attached hydrogens (tertiary/aromatic N) is 1. The van der Waals surface area contributed by atoms with Gasteiger partial charge < -0.3 is 5.32 Å². The molecule has 1 aromatic heterocycles. The number of guanidine groups is 1. The third-order valence-corrected chi connectivity index (χ3v) is 4.76. The lowest BCUT2D eigenvalue weighted by Crippen LogP contribution is -2.60. The maximum absolute atomic E-state index is 12.0. The van der Waals surface area contributed by atoms with E-state index in [2.05, 4.69) is 11.4 Å². The molecule has 1 atom stereocenters. The molecule has 0 radical (unpaired) electrons. The second-order valence-corrected chi connectivity index (χ2v) is 5.77. The van der Waals surface area contributed by atoms with Crippen molar-refractivity contribution in [1.29, 1.82) is 5.41 Å². The highest BCUT2D eigenvalue weighted by Gasteiger charge is 2.52. The van der Waals surface area contributed by atoms with Gasteiger partial charge in [0.15, 0.2) is 5.96 Å². The fraction of sp³-hybridized carbons (Fsp3) is 0.500. The number of hydrogen-bond donors (Lipinski definition) is 2. The van der Waals surface area contributed by atoms with Crippen LogP contribution in [-0.2, 0) is 10.3 Å². The van der Waals surface area contributed by atoms with Crippen molar-refractivity contribution >= 4 is 23.2 Å². The summed E-state index contributed by atoms with van der Waals surface area (Å²) in [6.45, 7) is 0. The Morgan fingerprint density at radius 3 is 2.88 bits per heavy atom. The van der Waals surface area contributed by atoms with E-state index in [0.29, 0.717) is 12.3 Å². The summed E-state index contributed by atoms with van der Waals surface area (Å²) in [5, 5.41) is 13.2. The zero-order valence-electron chi connectivity index (χ0n) is 9.69. The molecule has 0 aromatic carbocycles. The van der Waals surface area contributed by atoms with Gasteiger partial charge in [0, 0.05) is 11.9 Å². The van der Waals surface area contributed by atoms with Crippen LogP contribution < -0.4 is 5.32 Å². The van der Waals surface area contributed by atoms with Crippen molar-refractivity contribution in [3.63, 3.8) is 0 Å². The lowest BCUT2D eigenvalue weighted by Gasteiger charge is -2.41. The first-order valence-corrected chi connectivity index (χ1v) is 6.69. The number of rotatable bonds is 2. The molecular weight excluding hydrogens is 234 g/mol. The molecule has 1 aliphatic carbocycles. The van der Waals surface area contributed by atoms with Gasteiger partial charge in [-0.15, -0.1) is 11.3 Å². The summed E-state index contributed by atoms with van der Waals surface area (Å²) in [4.78, 5) is 14.6. The van der Waals surface area contributed by atoms with Crippen molar-refractivity contribution in [1.82, 2.24) is 10.2 Å². The SMILES string of the molecule is CN1C(=N)NC(c2cccs2)(C2CC2)CC1=O. The molecule has 1 aromatic rings. The van der Waals surface area contributed by atoms with E-state index in [4.69, 9.17) is 5.41 Å². The molecule has 17 heavy (non-hydrogen) atoms. The number of thiophene rings is 1. The Kier molecular flexibility index (Phi) is 2.26. The molecule has 1 saturated heterocycles. The van der Waals surface area contributed by atoms with Crippen LogP contribution in [0, 0.1) is 11.3 Å². The third-order valence-electron chi connectivity index (χ3n) is 3.72. The average molecular weight is 249 g/mol. The fourth-order valence-corrected chi connectivity index (χ4v) is 3.49. The van der Waals surface area contributed by atoms with Gasteiger partial charge in [-0.1, -0.05) is 6.07 Å². The third kappa shape index (κ3) is 1.57. The van der Waals surface area contributed by atoms with Crippen LogP contribution in [-0.4, -0.2) is 23.8 Å². The van der Waals surface area contributed by atoms with Crippen LogP contribution in [0.1, 0.15) is 24.1 Å². The largest absolute Gasteiger partial charge is 0.345 e.